The van der Waals surface area contributed by atoms with Crippen molar-refractivity contribution < 1.29 is 14.6 Å². The molecule has 0 atom stereocenters. The number of aryl methyl sites for hydroxylation is 1. The van der Waals surface area contributed by atoms with E-state index in [1.807, 2.05) is 60.8 Å². The molecule has 0 saturated heterocycles. The SMILES string of the molecule is O=C(O)CCCn1ccc2cc(OCc3ccc4ccc(Cl)cc4n3)ccc21. The Morgan fingerprint density at radius 2 is 1.93 bits per heavy atom. The lowest BCUT2D eigenvalue weighted by Gasteiger charge is -2.08. The summed E-state index contributed by atoms with van der Waals surface area (Å²) in [6.07, 6.45) is 2.75. The van der Waals surface area contributed by atoms with Crippen LogP contribution in [0.25, 0.3) is 21.8 Å². The van der Waals surface area contributed by atoms with E-state index in [0.29, 0.717) is 24.6 Å². The number of aliphatic carboxylic acids is 1. The minimum atomic E-state index is -0.767. The zero-order valence-corrected chi connectivity index (χ0v) is 15.9. The lowest BCUT2D eigenvalue weighted by atomic mass is 10.2. The van der Waals surface area contributed by atoms with Crippen molar-refractivity contribution in [3.8, 4) is 5.75 Å². The summed E-state index contributed by atoms with van der Waals surface area (Å²) in [7, 11) is 0. The van der Waals surface area contributed by atoms with E-state index in [1.54, 1.807) is 0 Å². The van der Waals surface area contributed by atoms with Gasteiger partial charge >= 0.3 is 5.97 Å². The number of carbonyl (C=O) groups is 1. The number of nitrogens with zero attached hydrogens (tertiary/aromatic N) is 2. The van der Waals surface area contributed by atoms with Crippen LogP contribution in [0, 0.1) is 0 Å². The van der Waals surface area contributed by atoms with E-state index in [9.17, 15) is 4.79 Å². The summed E-state index contributed by atoms with van der Waals surface area (Å²) in [5.41, 5.74) is 2.75. The van der Waals surface area contributed by atoms with Crippen molar-refractivity contribution in [2.45, 2.75) is 26.0 Å². The number of carboxylic acids is 1. The third-order valence-electron chi connectivity index (χ3n) is 4.63. The zero-order chi connectivity index (χ0) is 19.5. The van der Waals surface area contributed by atoms with Gasteiger partial charge in [-0.3, -0.25) is 4.79 Å². The Bertz CT molecular complexity index is 1150. The average Bonchev–Trinajstić information content (AvgIpc) is 3.08. The van der Waals surface area contributed by atoms with Crippen LogP contribution < -0.4 is 4.74 Å². The minimum absolute atomic E-state index is 0.171. The fourth-order valence-electron chi connectivity index (χ4n) is 3.23. The standard InChI is InChI=1S/C22H19ClN2O3/c23-17-5-3-15-4-6-18(24-20(15)13-17)14-28-19-7-8-21-16(12-19)9-11-25(21)10-1-2-22(26)27/h3-9,11-13H,1-2,10,14H2,(H,26,27). The largest absolute Gasteiger partial charge is 0.487 e. The monoisotopic (exact) mass is 394 g/mol. The fraction of sp³-hybridized carbons (Fsp3) is 0.182. The van der Waals surface area contributed by atoms with Crippen LogP contribution in [0.3, 0.4) is 0 Å². The smallest absolute Gasteiger partial charge is 0.303 e. The molecule has 0 aliphatic carbocycles. The first-order valence-electron chi connectivity index (χ1n) is 9.07. The van der Waals surface area contributed by atoms with E-state index < -0.39 is 5.97 Å². The third-order valence-corrected chi connectivity index (χ3v) is 4.87. The molecule has 0 aliphatic rings. The summed E-state index contributed by atoms with van der Waals surface area (Å²) < 4.78 is 7.98. The second-order valence-electron chi connectivity index (χ2n) is 6.66. The summed E-state index contributed by atoms with van der Waals surface area (Å²) in [6, 6.07) is 17.5. The second-order valence-corrected chi connectivity index (χ2v) is 7.09. The number of benzene rings is 2. The highest BCUT2D eigenvalue weighted by atomic mass is 35.5. The molecule has 0 aliphatic heterocycles. The van der Waals surface area contributed by atoms with Gasteiger partial charge in [-0.1, -0.05) is 23.7 Å². The maximum Gasteiger partial charge on any atom is 0.303 e. The minimum Gasteiger partial charge on any atom is -0.487 e. The van der Waals surface area contributed by atoms with Crippen LogP contribution in [0.5, 0.6) is 5.75 Å². The summed E-state index contributed by atoms with van der Waals surface area (Å²) in [4.78, 5) is 15.3. The number of hydrogen-bond acceptors (Lipinski definition) is 3. The van der Waals surface area contributed by atoms with Gasteiger partial charge in [0.2, 0.25) is 0 Å². The highest BCUT2D eigenvalue weighted by molar-refractivity contribution is 6.31. The van der Waals surface area contributed by atoms with Crippen LogP contribution in [0.4, 0.5) is 0 Å². The highest BCUT2D eigenvalue weighted by Crippen LogP contribution is 2.24. The molecule has 5 nitrogen and oxygen atoms in total. The second kappa shape index (κ2) is 7.90. The highest BCUT2D eigenvalue weighted by Gasteiger charge is 2.06. The molecule has 1 N–H and O–H groups in total. The first-order chi connectivity index (χ1) is 13.6. The molecule has 0 amide bonds. The quantitative estimate of drug-likeness (QED) is 0.462. The van der Waals surface area contributed by atoms with Gasteiger partial charge in [-0.25, -0.2) is 4.98 Å². The Morgan fingerprint density at radius 3 is 2.79 bits per heavy atom. The number of rotatable bonds is 7. The maximum absolute atomic E-state index is 10.7. The number of pyridine rings is 1. The maximum atomic E-state index is 10.7. The molecule has 0 spiro atoms. The first kappa shape index (κ1) is 18.3. The third kappa shape index (κ3) is 4.10. The van der Waals surface area contributed by atoms with Gasteiger partial charge in [0.15, 0.2) is 0 Å². The van der Waals surface area contributed by atoms with Crippen LogP contribution in [0.15, 0.2) is 60.8 Å². The van der Waals surface area contributed by atoms with Gasteiger partial charge in [0.25, 0.3) is 0 Å². The Labute approximate surface area is 167 Å². The van der Waals surface area contributed by atoms with Crippen LogP contribution in [0.2, 0.25) is 5.02 Å². The molecule has 4 rings (SSSR count). The molecule has 142 valence electrons. The summed E-state index contributed by atoms with van der Waals surface area (Å²) in [5.74, 6) is 0.000459. The molecule has 28 heavy (non-hydrogen) atoms. The lowest BCUT2D eigenvalue weighted by Crippen LogP contribution is -2.01. The number of hydrogen-bond donors (Lipinski definition) is 1. The van der Waals surface area contributed by atoms with Crippen molar-refractivity contribution in [3.63, 3.8) is 0 Å². The van der Waals surface area contributed by atoms with Crippen molar-refractivity contribution in [1.82, 2.24) is 9.55 Å². The predicted octanol–water partition coefficient (Wildman–Crippen LogP) is 5.29. The van der Waals surface area contributed by atoms with Crippen LogP contribution >= 0.6 is 11.6 Å². The van der Waals surface area contributed by atoms with E-state index in [1.165, 1.54) is 0 Å². The van der Waals surface area contributed by atoms with Crippen molar-refractivity contribution in [2.75, 3.05) is 0 Å². The molecule has 2 aromatic carbocycles. The van der Waals surface area contributed by atoms with E-state index in [0.717, 1.165) is 33.2 Å². The average molecular weight is 395 g/mol. The zero-order valence-electron chi connectivity index (χ0n) is 15.1. The molecular formula is C22H19ClN2O3. The molecule has 0 radical (unpaired) electrons. The number of ether oxygens (including phenoxy) is 1. The molecular weight excluding hydrogens is 376 g/mol. The molecule has 6 heteroatoms. The number of halogens is 1. The van der Waals surface area contributed by atoms with Crippen molar-refractivity contribution >= 4 is 39.4 Å². The fourth-order valence-corrected chi connectivity index (χ4v) is 3.40. The molecule has 4 aromatic rings. The lowest BCUT2D eigenvalue weighted by molar-refractivity contribution is -0.137. The molecule has 0 unspecified atom stereocenters. The molecule has 2 heterocycles. The molecule has 0 fully saturated rings. The Balaban J connectivity index is 1.45. The predicted molar refractivity (Wildman–Crippen MR) is 110 cm³/mol. The van der Waals surface area contributed by atoms with Crippen LogP contribution in [0.1, 0.15) is 18.5 Å². The molecule has 0 saturated carbocycles. The summed E-state index contributed by atoms with van der Waals surface area (Å²) >= 11 is 6.05. The van der Waals surface area contributed by atoms with Gasteiger partial charge in [0.1, 0.15) is 12.4 Å². The van der Waals surface area contributed by atoms with Crippen molar-refractivity contribution in [3.05, 3.63) is 71.5 Å². The van der Waals surface area contributed by atoms with Crippen molar-refractivity contribution in [2.24, 2.45) is 0 Å². The van der Waals surface area contributed by atoms with Gasteiger partial charge in [-0.2, -0.15) is 0 Å². The van der Waals surface area contributed by atoms with Gasteiger partial charge in [-0.05, 0) is 48.9 Å². The first-order valence-corrected chi connectivity index (χ1v) is 9.45. The molecule has 2 aromatic heterocycles. The van der Waals surface area contributed by atoms with E-state index in [4.69, 9.17) is 21.4 Å². The number of carboxylic acid groups (broad SMARTS) is 1. The summed E-state index contributed by atoms with van der Waals surface area (Å²) in [5, 5.41) is 11.5. The number of fused-ring (bicyclic) bond motifs is 2. The van der Waals surface area contributed by atoms with Crippen molar-refractivity contribution in [1.29, 1.82) is 0 Å². The van der Waals surface area contributed by atoms with Crippen LogP contribution in [-0.4, -0.2) is 20.6 Å². The number of aromatic nitrogens is 2. The van der Waals surface area contributed by atoms with Gasteiger partial charge in [0.05, 0.1) is 11.2 Å². The Hall–Kier alpha value is -3.05. The van der Waals surface area contributed by atoms with Gasteiger partial charge in [0, 0.05) is 40.5 Å². The van der Waals surface area contributed by atoms with E-state index in [-0.39, 0.29) is 6.42 Å². The van der Waals surface area contributed by atoms with Gasteiger partial charge < -0.3 is 14.4 Å². The van der Waals surface area contributed by atoms with E-state index >= 15 is 0 Å². The molecule has 0 bridgehead atoms. The summed E-state index contributed by atoms with van der Waals surface area (Å²) in [6.45, 7) is 1.05. The van der Waals surface area contributed by atoms with Gasteiger partial charge in [-0.15, -0.1) is 0 Å². The Kier molecular flexibility index (Phi) is 5.17. The van der Waals surface area contributed by atoms with E-state index in [2.05, 4.69) is 9.55 Å². The topological polar surface area (TPSA) is 64.3 Å². The van der Waals surface area contributed by atoms with Crippen LogP contribution in [-0.2, 0) is 17.9 Å². The normalized spacial score (nSPS) is 11.2. The Morgan fingerprint density at radius 1 is 1.07 bits per heavy atom.